The summed E-state index contributed by atoms with van der Waals surface area (Å²) in [6.45, 7) is 7.06. The summed E-state index contributed by atoms with van der Waals surface area (Å²) < 4.78 is 0. The van der Waals surface area contributed by atoms with E-state index in [1.54, 1.807) is 26.8 Å². The molecule has 0 spiro atoms. The summed E-state index contributed by atoms with van der Waals surface area (Å²) in [4.78, 5) is 23.5. The van der Waals surface area contributed by atoms with Gasteiger partial charge >= 0.3 is 5.97 Å². The van der Waals surface area contributed by atoms with Crippen molar-refractivity contribution >= 4 is 11.8 Å². The highest BCUT2D eigenvalue weighted by Gasteiger charge is 2.41. The van der Waals surface area contributed by atoms with Crippen LogP contribution in [0.1, 0.15) is 53.4 Å². The Morgan fingerprint density at radius 1 is 1.45 bits per heavy atom. The SMILES string of the molecule is CC1=C(/C=C/C(C)=C\CCC(C)O)[C@@](C)(C(=O)O)CCC1=O. The summed E-state index contributed by atoms with van der Waals surface area (Å²) in [6, 6.07) is 0. The van der Waals surface area contributed by atoms with Crippen LogP contribution in [-0.2, 0) is 9.59 Å². The number of hydrogen-bond donors (Lipinski definition) is 2. The second kappa shape index (κ2) is 7.54. The molecule has 0 aromatic heterocycles. The molecule has 22 heavy (non-hydrogen) atoms. The zero-order valence-electron chi connectivity index (χ0n) is 13.8. The van der Waals surface area contributed by atoms with Crippen LogP contribution in [-0.4, -0.2) is 28.1 Å². The quantitative estimate of drug-likeness (QED) is 0.737. The Bertz CT molecular complexity index is 537. The fourth-order valence-corrected chi connectivity index (χ4v) is 2.62. The topological polar surface area (TPSA) is 74.6 Å². The van der Waals surface area contributed by atoms with E-state index in [1.807, 2.05) is 19.1 Å². The number of carbonyl (C=O) groups is 2. The minimum Gasteiger partial charge on any atom is -0.481 e. The van der Waals surface area contributed by atoms with Gasteiger partial charge in [0.1, 0.15) is 0 Å². The molecule has 1 rings (SSSR count). The lowest BCUT2D eigenvalue weighted by Crippen LogP contribution is -2.34. The third-order valence-corrected chi connectivity index (χ3v) is 4.30. The Labute approximate surface area is 132 Å². The number of hydrogen-bond acceptors (Lipinski definition) is 3. The first-order chi connectivity index (χ1) is 10.2. The molecule has 0 aromatic carbocycles. The van der Waals surface area contributed by atoms with Crippen LogP contribution in [0, 0.1) is 5.41 Å². The molecular weight excluding hydrogens is 280 g/mol. The smallest absolute Gasteiger partial charge is 0.313 e. The number of Topliss-reactive ketones (excluding diaryl/α,β-unsaturated/α-hetero) is 1. The number of aliphatic hydroxyl groups is 1. The summed E-state index contributed by atoms with van der Waals surface area (Å²) in [6.07, 6.45) is 7.36. The maximum atomic E-state index is 11.9. The molecule has 0 aromatic rings. The lowest BCUT2D eigenvalue weighted by molar-refractivity contribution is -0.146. The molecule has 0 amide bonds. The number of allylic oxidation sites excluding steroid dienone is 5. The first-order valence-electron chi connectivity index (χ1n) is 7.69. The third-order valence-electron chi connectivity index (χ3n) is 4.30. The van der Waals surface area contributed by atoms with Crippen molar-refractivity contribution < 1.29 is 19.8 Å². The maximum absolute atomic E-state index is 11.9. The van der Waals surface area contributed by atoms with E-state index in [-0.39, 0.29) is 18.3 Å². The molecule has 0 heterocycles. The van der Waals surface area contributed by atoms with E-state index < -0.39 is 11.4 Å². The predicted molar refractivity (Wildman–Crippen MR) is 86.5 cm³/mol. The molecule has 1 aliphatic rings. The summed E-state index contributed by atoms with van der Waals surface area (Å²) in [7, 11) is 0. The van der Waals surface area contributed by atoms with E-state index in [1.165, 1.54) is 0 Å². The van der Waals surface area contributed by atoms with Crippen molar-refractivity contribution in [3.8, 4) is 0 Å². The second-order valence-electron chi connectivity index (χ2n) is 6.31. The highest BCUT2D eigenvalue weighted by atomic mass is 16.4. The molecule has 0 saturated heterocycles. The van der Waals surface area contributed by atoms with E-state index in [2.05, 4.69) is 0 Å². The van der Waals surface area contributed by atoms with Crippen LogP contribution in [0.4, 0.5) is 0 Å². The molecular formula is C18H26O4. The van der Waals surface area contributed by atoms with Gasteiger partial charge in [0.25, 0.3) is 0 Å². The third kappa shape index (κ3) is 4.41. The lowest BCUT2D eigenvalue weighted by Gasteiger charge is -2.31. The molecule has 0 bridgehead atoms. The Balaban J connectivity index is 3.00. The Kier molecular flexibility index (Phi) is 6.30. The highest BCUT2D eigenvalue weighted by Crippen LogP contribution is 2.40. The second-order valence-corrected chi connectivity index (χ2v) is 6.31. The standard InChI is InChI=1S/C18H26O4/c1-12(6-5-7-13(2)19)8-9-15-14(3)16(20)10-11-18(15,4)17(21)22/h6,8-9,13,19H,5,7,10-11H2,1-4H3,(H,21,22)/b9-8+,12-6-/t13?,18-/m0/s1. The van der Waals surface area contributed by atoms with Crippen LogP contribution in [0.25, 0.3) is 0 Å². The predicted octanol–water partition coefficient (Wildman–Crippen LogP) is 3.42. The summed E-state index contributed by atoms with van der Waals surface area (Å²) in [5.41, 5.74) is 1.13. The normalized spacial score (nSPS) is 25.0. The molecule has 4 nitrogen and oxygen atoms in total. The van der Waals surface area contributed by atoms with E-state index in [0.717, 1.165) is 12.0 Å². The Hall–Kier alpha value is -1.68. The number of rotatable bonds is 6. The maximum Gasteiger partial charge on any atom is 0.313 e. The van der Waals surface area contributed by atoms with Crippen molar-refractivity contribution in [2.45, 2.75) is 59.5 Å². The number of carboxylic acid groups (broad SMARTS) is 1. The monoisotopic (exact) mass is 306 g/mol. The number of carboxylic acids is 1. The number of aliphatic carboxylic acids is 1. The largest absolute Gasteiger partial charge is 0.481 e. The average Bonchev–Trinajstić information content (AvgIpc) is 2.42. The van der Waals surface area contributed by atoms with Crippen LogP contribution < -0.4 is 0 Å². The van der Waals surface area contributed by atoms with Gasteiger partial charge in [0.05, 0.1) is 11.5 Å². The van der Waals surface area contributed by atoms with E-state index >= 15 is 0 Å². The first kappa shape index (κ1) is 18.4. The molecule has 2 atom stereocenters. The Morgan fingerprint density at radius 2 is 2.09 bits per heavy atom. The van der Waals surface area contributed by atoms with Gasteiger partial charge in [-0.3, -0.25) is 9.59 Å². The van der Waals surface area contributed by atoms with Crippen molar-refractivity contribution in [2.24, 2.45) is 5.41 Å². The minimum absolute atomic E-state index is 0.0223. The van der Waals surface area contributed by atoms with E-state index in [9.17, 15) is 19.8 Å². The Morgan fingerprint density at radius 3 is 2.64 bits per heavy atom. The van der Waals surface area contributed by atoms with E-state index in [4.69, 9.17) is 0 Å². The van der Waals surface area contributed by atoms with Gasteiger partial charge in [-0.15, -0.1) is 0 Å². The van der Waals surface area contributed by atoms with Crippen molar-refractivity contribution in [2.75, 3.05) is 0 Å². The molecule has 1 unspecified atom stereocenters. The van der Waals surface area contributed by atoms with Crippen molar-refractivity contribution in [3.63, 3.8) is 0 Å². The molecule has 0 saturated carbocycles. The zero-order chi connectivity index (χ0) is 16.9. The highest BCUT2D eigenvalue weighted by molar-refractivity contribution is 6.00. The van der Waals surface area contributed by atoms with Gasteiger partial charge in [-0.2, -0.15) is 0 Å². The van der Waals surface area contributed by atoms with Crippen LogP contribution >= 0.6 is 0 Å². The van der Waals surface area contributed by atoms with Crippen LogP contribution in [0.5, 0.6) is 0 Å². The van der Waals surface area contributed by atoms with Crippen molar-refractivity contribution in [1.82, 2.24) is 0 Å². The summed E-state index contributed by atoms with van der Waals surface area (Å²) in [5.74, 6) is -0.871. The van der Waals surface area contributed by atoms with Gasteiger partial charge in [-0.25, -0.2) is 0 Å². The molecule has 2 N–H and O–H groups in total. The molecule has 0 radical (unpaired) electrons. The molecule has 1 aliphatic carbocycles. The number of ketones is 1. The molecule has 4 heteroatoms. The van der Waals surface area contributed by atoms with Crippen molar-refractivity contribution in [3.05, 3.63) is 34.9 Å². The summed E-state index contributed by atoms with van der Waals surface area (Å²) in [5, 5.41) is 18.8. The number of aliphatic hydroxyl groups excluding tert-OH is 1. The zero-order valence-corrected chi connectivity index (χ0v) is 13.8. The van der Waals surface area contributed by atoms with Crippen LogP contribution in [0.3, 0.4) is 0 Å². The fraction of sp³-hybridized carbons (Fsp3) is 0.556. The molecule has 122 valence electrons. The van der Waals surface area contributed by atoms with Gasteiger partial charge in [-0.1, -0.05) is 23.8 Å². The number of carbonyl (C=O) groups excluding carboxylic acids is 1. The minimum atomic E-state index is -1.01. The van der Waals surface area contributed by atoms with Gasteiger partial charge in [0.2, 0.25) is 0 Å². The first-order valence-corrected chi connectivity index (χ1v) is 7.69. The van der Waals surface area contributed by atoms with Gasteiger partial charge in [0.15, 0.2) is 5.78 Å². The fourth-order valence-electron chi connectivity index (χ4n) is 2.62. The van der Waals surface area contributed by atoms with Gasteiger partial charge in [0, 0.05) is 6.42 Å². The molecule has 0 aliphatic heterocycles. The van der Waals surface area contributed by atoms with Gasteiger partial charge < -0.3 is 10.2 Å². The summed E-state index contributed by atoms with van der Waals surface area (Å²) >= 11 is 0. The van der Waals surface area contributed by atoms with Gasteiger partial charge in [-0.05, 0) is 58.1 Å². The molecule has 0 fully saturated rings. The van der Waals surface area contributed by atoms with Crippen LogP contribution in [0.15, 0.2) is 34.9 Å². The van der Waals surface area contributed by atoms with E-state index in [0.29, 0.717) is 24.0 Å². The lowest BCUT2D eigenvalue weighted by atomic mass is 9.70. The van der Waals surface area contributed by atoms with Crippen molar-refractivity contribution in [1.29, 1.82) is 0 Å². The average molecular weight is 306 g/mol. The van der Waals surface area contributed by atoms with Crippen LogP contribution in [0.2, 0.25) is 0 Å².